The van der Waals surface area contributed by atoms with E-state index in [0.717, 1.165) is 44.6 Å². The van der Waals surface area contributed by atoms with Gasteiger partial charge in [0.25, 0.3) is 0 Å². The lowest BCUT2D eigenvalue weighted by atomic mass is 10.1. The average Bonchev–Trinajstić information content (AvgIpc) is 3.31. The van der Waals surface area contributed by atoms with Gasteiger partial charge in [0.2, 0.25) is 0 Å². The van der Waals surface area contributed by atoms with Crippen molar-refractivity contribution in [3.05, 3.63) is 49.4 Å². The van der Waals surface area contributed by atoms with Gasteiger partial charge < -0.3 is 18.5 Å². The highest BCUT2D eigenvalue weighted by molar-refractivity contribution is 6.14. The third-order valence-corrected chi connectivity index (χ3v) is 4.40. The summed E-state index contributed by atoms with van der Waals surface area (Å²) in [7, 11) is 3.94. The second-order valence-electron chi connectivity index (χ2n) is 5.99. The maximum absolute atomic E-state index is 5.79. The number of nitrogens with zero attached hydrogens (tertiary/aromatic N) is 4. The highest BCUT2D eigenvalue weighted by Crippen LogP contribution is 2.37. The number of imidazole rings is 2. The fraction of sp³-hybridized carbons (Fsp3) is 0.111. The van der Waals surface area contributed by atoms with Gasteiger partial charge in [-0.25, -0.2) is 9.97 Å². The average molecular weight is 317 g/mol. The number of para-hydroxylation sites is 1. The predicted molar refractivity (Wildman–Crippen MR) is 92.5 cm³/mol. The summed E-state index contributed by atoms with van der Waals surface area (Å²) in [6, 6.07) is 6.23. The van der Waals surface area contributed by atoms with Crippen LogP contribution in [-0.2, 0) is 14.1 Å². The molecule has 5 aromatic rings. The van der Waals surface area contributed by atoms with Crippen LogP contribution in [0.5, 0.6) is 0 Å². The predicted octanol–water partition coefficient (Wildman–Crippen LogP) is 3.72. The van der Waals surface area contributed by atoms with Gasteiger partial charge in [0.1, 0.15) is 17.8 Å². The highest BCUT2D eigenvalue weighted by Gasteiger charge is 2.18. The summed E-state index contributed by atoms with van der Waals surface area (Å²) in [5.41, 5.74) is 3.91. The van der Waals surface area contributed by atoms with Gasteiger partial charge in [-0.05, 0) is 6.07 Å². The summed E-state index contributed by atoms with van der Waals surface area (Å²) < 4.78 is 9.72. The van der Waals surface area contributed by atoms with Crippen LogP contribution in [0.3, 0.4) is 0 Å². The lowest BCUT2D eigenvalue weighted by Gasteiger charge is -2.03. The Hall–Kier alpha value is -3.28. The number of fused-ring (bicyclic) bond motifs is 3. The molecule has 6 nitrogen and oxygen atoms in total. The molecular formula is C18H15N5O. The molecule has 0 aliphatic rings. The topological polar surface area (TPSA) is 64.6 Å². The van der Waals surface area contributed by atoms with Crippen molar-refractivity contribution in [3.63, 3.8) is 0 Å². The van der Waals surface area contributed by atoms with Crippen molar-refractivity contribution < 1.29 is 4.42 Å². The number of hydrogen-bond donors (Lipinski definition) is 1. The van der Waals surface area contributed by atoms with Crippen LogP contribution < -0.4 is 0 Å². The van der Waals surface area contributed by atoms with E-state index in [-0.39, 0.29) is 0 Å². The summed E-state index contributed by atoms with van der Waals surface area (Å²) in [6.07, 6.45) is 9.27. The Morgan fingerprint density at radius 2 is 2.00 bits per heavy atom. The third kappa shape index (κ3) is 1.70. The number of aryl methyl sites for hydroxylation is 2. The molecule has 4 aromatic heterocycles. The van der Waals surface area contributed by atoms with E-state index in [2.05, 4.69) is 27.1 Å². The molecule has 0 saturated carbocycles. The Morgan fingerprint density at radius 3 is 2.75 bits per heavy atom. The normalized spacial score (nSPS) is 11.8. The third-order valence-electron chi connectivity index (χ3n) is 4.40. The van der Waals surface area contributed by atoms with Gasteiger partial charge in [0.15, 0.2) is 5.76 Å². The molecule has 24 heavy (non-hydrogen) atoms. The number of hydrogen-bond acceptors (Lipinski definition) is 3. The summed E-state index contributed by atoms with van der Waals surface area (Å²) in [6.45, 7) is 0. The first-order valence-electron chi connectivity index (χ1n) is 7.70. The summed E-state index contributed by atoms with van der Waals surface area (Å²) in [4.78, 5) is 12.4. The monoisotopic (exact) mass is 317 g/mol. The van der Waals surface area contributed by atoms with E-state index in [0.29, 0.717) is 0 Å². The van der Waals surface area contributed by atoms with Crippen LogP contribution in [0.25, 0.3) is 44.6 Å². The molecule has 0 unspecified atom stereocenters. The number of nitrogens with one attached hydrogen (secondary N) is 1. The number of benzene rings is 1. The van der Waals surface area contributed by atoms with Crippen LogP contribution in [0.2, 0.25) is 0 Å². The fourth-order valence-electron chi connectivity index (χ4n) is 3.25. The SMILES string of the molecule is Cn1cnc(-c2occ3c2[nH]c2c(-c4nccn4C)cccc23)c1. The minimum atomic E-state index is 0.757. The van der Waals surface area contributed by atoms with Crippen LogP contribution in [0.1, 0.15) is 0 Å². The number of aromatic amines is 1. The van der Waals surface area contributed by atoms with Crippen molar-refractivity contribution in [2.45, 2.75) is 0 Å². The van der Waals surface area contributed by atoms with Gasteiger partial charge in [0.05, 0.1) is 17.4 Å². The van der Waals surface area contributed by atoms with E-state index in [1.54, 1.807) is 12.6 Å². The van der Waals surface area contributed by atoms with Gasteiger partial charge in [-0.2, -0.15) is 0 Å². The molecule has 0 bridgehead atoms. The van der Waals surface area contributed by atoms with E-state index in [1.165, 1.54) is 0 Å². The molecule has 0 aliphatic heterocycles. The van der Waals surface area contributed by atoms with Gasteiger partial charge in [-0.15, -0.1) is 0 Å². The Bertz CT molecular complexity index is 1190. The zero-order chi connectivity index (χ0) is 16.3. The van der Waals surface area contributed by atoms with E-state index >= 15 is 0 Å². The Morgan fingerprint density at radius 1 is 1.08 bits per heavy atom. The zero-order valence-electron chi connectivity index (χ0n) is 13.3. The maximum Gasteiger partial charge on any atom is 0.177 e. The first-order chi connectivity index (χ1) is 11.7. The zero-order valence-corrected chi connectivity index (χ0v) is 13.3. The van der Waals surface area contributed by atoms with Crippen LogP contribution in [0, 0.1) is 0 Å². The molecule has 118 valence electrons. The molecule has 4 heterocycles. The molecule has 1 aromatic carbocycles. The van der Waals surface area contributed by atoms with Gasteiger partial charge in [-0.3, -0.25) is 0 Å². The van der Waals surface area contributed by atoms with Crippen molar-refractivity contribution in [2.24, 2.45) is 14.1 Å². The van der Waals surface area contributed by atoms with E-state index in [1.807, 2.05) is 47.9 Å². The van der Waals surface area contributed by atoms with Gasteiger partial charge in [0, 0.05) is 49.0 Å². The molecule has 0 atom stereocenters. The lowest BCUT2D eigenvalue weighted by molar-refractivity contribution is 0.584. The molecule has 0 fully saturated rings. The van der Waals surface area contributed by atoms with E-state index in [9.17, 15) is 0 Å². The molecular weight excluding hydrogens is 302 g/mol. The summed E-state index contributed by atoms with van der Waals surface area (Å²) in [5, 5.41) is 2.18. The maximum atomic E-state index is 5.79. The fourth-order valence-corrected chi connectivity index (χ4v) is 3.25. The van der Waals surface area contributed by atoms with E-state index in [4.69, 9.17) is 4.42 Å². The van der Waals surface area contributed by atoms with Crippen LogP contribution in [0.15, 0.2) is 53.8 Å². The minimum absolute atomic E-state index is 0.757. The lowest BCUT2D eigenvalue weighted by Crippen LogP contribution is -1.92. The first-order valence-corrected chi connectivity index (χ1v) is 7.70. The Kier molecular flexibility index (Phi) is 2.53. The van der Waals surface area contributed by atoms with Gasteiger partial charge in [-0.1, -0.05) is 12.1 Å². The number of H-pyrrole nitrogens is 1. The van der Waals surface area contributed by atoms with Gasteiger partial charge >= 0.3 is 0 Å². The van der Waals surface area contributed by atoms with Crippen LogP contribution >= 0.6 is 0 Å². The smallest absolute Gasteiger partial charge is 0.177 e. The largest absolute Gasteiger partial charge is 0.460 e. The standard InChI is InChI=1S/C18H15N5O/c1-22-8-14(20-10-22)17-16-13(9-24-17)11-4-3-5-12(15(11)21-16)18-19-6-7-23(18)2/h3-10,21H,1-2H3. The van der Waals surface area contributed by atoms with Crippen molar-refractivity contribution in [1.82, 2.24) is 24.1 Å². The Labute approximate surface area is 137 Å². The van der Waals surface area contributed by atoms with Crippen molar-refractivity contribution in [2.75, 3.05) is 0 Å². The molecule has 0 spiro atoms. The molecule has 0 amide bonds. The quantitative estimate of drug-likeness (QED) is 0.540. The Balaban J connectivity index is 1.82. The molecule has 0 saturated heterocycles. The molecule has 0 radical (unpaired) electrons. The number of furan rings is 1. The number of aromatic nitrogens is 5. The second-order valence-corrected chi connectivity index (χ2v) is 5.99. The highest BCUT2D eigenvalue weighted by atomic mass is 16.3. The van der Waals surface area contributed by atoms with E-state index < -0.39 is 0 Å². The first kappa shape index (κ1) is 13.2. The molecule has 6 heteroatoms. The molecule has 5 rings (SSSR count). The second kappa shape index (κ2) is 4.61. The molecule has 1 N–H and O–H groups in total. The van der Waals surface area contributed by atoms with Crippen LogP contribution in [0.4, 0.5) is 0 Å². The van der Waals surface area contributed by atoms with Crippen molar-refractivity contribution >= 4 is 21.8 Å². The minimum Gasteiger partial charge on any atom is -0.460 e. The van der Waals surface area contributed by atoms with Crippen LogP contribution in [-0.4, -0.2) is 24.1 Å². The summed E-state index contributed by atoms with van der Waals surface area (Å²) >= 11 is 0. The molecule has 0 aliphatic carbocycles. The van der Waals surface area contributed by atoms with Crippen molar-refractivity contribution in [3.8, 4) is 22.8 Å². The van der Waals surface area contributed by atoms with Crippen molar-refractivity contribution in [1.29, 1.82) is 0 Å². The summed E-state index contributed by atoms with van der Waals surface area (Å²) in [5.74, 6) is 1.69. The number of rotatable bonds is 2.